The van der Waals surface area contributed by atoms with Crippen LogP contribution >= 0.6 is 22.9 Å². The van der Waals surface area contributed by atoms with Gasteiger partial charge in [-0.05, 0) is 48.9 Å². The van der Waals surface area contributed by atoms with Crippen molar-refractivity contribution in [2.75, 3.05) is 19.1 Å². The second kappa shape index (κ2) is 8.91. The quantitative estimate of drug-likeness (QED) is 0.384. The Kier molecular flexibility index (Phi) is 6.06. The van der Waals surface area contributed by atoms with E-state index in [0.717, 1.165) is 21.5 Å². The molecule has 0 aliphatic heterocycles. The molecule has 4 aromatic rings. The summed E-state index contributed by atoms with van der Waals surface area (Å²) in [6, 6.07) is 14.5. The van der Waals surface area contributed by atoms with Crippen LogP contribution in [0, 0.1) is 6.92 Å². The number of pyridine rings is 1. The number of halogens is 1. The molecule has 0 N–H and O–H groups in total. The molecule has 0 aliphatic carbocycles. The molecule has 2 heterocycles. The second-order valence-corrected chi connectivity index (χ2v) is 8.26. The average molecular weight is 454 g/mol. The van der Waals surface area contributed by atoms with Crippen LogP contribution in [0.5, 0.6) is 11.5 Å². The summed E-state index contributed by atoms with van der Waals surface area (Å²) in [7, 11) is 3.05. The van der Waals surface area contributed by atoms with E-state index < -0.39 is 0 Å². The zero-order valence-electron chi connectivity index (χ0n) is 17.3. The van der Waals surface area contributed by atoms with Gasteiger partial charge in [0.05, 0.1) is 42.2 Å². The van der Waals surface area contributed by atoms with E-state index in [0.29, 0.717) is 27.2 Å². The molecule has 0 radical (unpaired) electrons. The first-order chi connectivity index (χ1) is 15.0. The molecule has 0 unspecified atom stereocenters. The van der Waals surface area contributed by atoms with E-state index in [1.54, 1.807) is 29.3 Å². The number of carbonyl (C=O) groups excluding carboxylic acids is 1. The molecule has 6 nitrogen and oxygen atoms in total. The third kappa shape index (κ3) is 4.19. The second-order valence-electron chi connectivity index (χ2n) is 6.82. The highest BCUT2D eigenvalue weighted by atomic mass is 35.5. The Bertz CT molecular complexity index is 1240. The number of fused-ring (bicyclic) bond motifs is 1. The maximum absolute atomic E-state index is 13.7. The zero-order valence-corrected chi connectivity index (χ0v) is 18.8. The van der Waals surface area contributed by atoms with E-state index in [2.05, 4.69) is 4.98 Å². The van der Waals surface area contributed by atoms with Crippen molar-refractivity contribution >= 4 is 44.2 Å². The van der Waals surface area contributed by atoms with Crippen LogP contribution in [-0.2, 0) is 6.54 Å². The molecule has 0 fully saturated rings. The van der Waals surface area contributed by atoms with Gasteiger partial charge in [-0.15, -0.1) is 0 Å². The number of aryl methyl sites for hydroxylation is 1. The molecule has 0 saturated carbocycles. The lowest BCUT2D eigenvalue weighted by Crippen LogP contribution is -2.31. The number of anilines is 1. The van der Waals surface area contributed by atoms with Gasteiger partial charge in [-0.3, -0.25) is 14.7 Å². The predicted octanol–water partition coefficient (Wildman–Crippen LogP) is 5.52. The van der Waals surface area contributed by atoms with Crippen LogP contribution < -0.4 is 14.4 Å². The standard InChI is InChI=1S/C23H20ClN3O3S/c1-14-11-15(24)12-19-20(14)26-23(31-19)27(13-16-7-4-5-10-25-16)22(28)17-8-6-9-18(29-2)21(17)30-3/h4-12H,13H2,1-3H3. The van der Waals surface area contributed by atoms with Crippen molar-refractivity contribution in [1.29, 1.82) is 0 Å². The summed E-state index contributed by atoms with van der Waals surface area (Å²) in [6.07, 6.45) is 1.70. The number of thiazole rings is 1. The molecule has 0 bridgehead atoms. The number of rotatable bonds is 6. The maximum Gasteiger partial charge on any atom is 0.264 e. The van der Waals surface area contributed by atoms with Gasteiger partial charge in [-0.1, -0.05) is 35.1 Å². The lowest BCUT2D eigenvalue weighted by atomic mass is 10.1. The maximum atomic E-state index is 13.7. The van der Waals surface area contributed by atoms with Crippen molar-refractivity contribution in [2.24, 2.45) is 0 Å². The van der Waals surface area contributed by atoms with E-state index in [4.69, 9.17) is 26.1 Å². The number of benzene rings is 2. The molecule has 0 saturated heterocycles. The van der Waals surface area contributed by atoms with Gasteiger partial charge in [-0.25, -0.2) is 4.98 Å². The van der Waals surface area contributed by atoms with Gasteiger partial charge in [0.2, 0.25) is 0 Å². The van der Waals surface area contributed by atoms with Crippen molar-refractivity contribution in [3.8, 4) is 11.5 Å². The Labute approximate surface area is 189 Å². The SMILES string of the molecule is COc1cccc(C(=O)N(Cc2ccccn2)c2nc3c(C)cc(Cl)cc3s2)c1OC. The summed E-state index contributed by atoms with van der Waals surface area (Å²) in [5, 5.41) is 1.19. The highest BCUT2D eigenvalue weighted by molar-refractivity contribution is 7.22. The number of aromatic nitrogens is 2. The van der Waals surface area contributed by atoms with Crippen molar-refractivity contribution < 1.29 is 14.3 Å². The monoisotopic (exact) mass is 453 g/mol. The van der Waals surface area contributed by atoms with Gasteiger partial charge >= 0.3 is 0 Å². The fourth-order valence-electron chi connectivity index (χ4n) is 3.34. The summed E-state index contributed by atoms with van der Waals surface area (Å²) in [5.74, 6) is 0.601. The van der Waals surface area contributed by atoms with Crippen LogP contribution in [-0.4, -0.2) is 30.1 Å². The third-order valence-corrected chi connectivity index (χ3v) is 6.04. The normalized spacial score (nSPS) is 10.8. The molecule has 0 aliphatic rings. The van der Waals surface area contributed by atoms with E-state index in [-0.39, 0.29) is 12.5 Å². The predicted molar refractivity (Wildman–Crippen MR) is 124 cm³/mol. The molecule has 1 amide bonds. The van der Waals surface area contributed by atoms with Crippen molar-refractivity contribution in [3.63, 3.8) is 0 Å². The third-order valence-electron chi connectivity index (χ3n) is 4.79. The summed E-state index contributed by atoms with van der Waals surface area (Å²) in [4.78, 5) is 24.5. The first-order valence-electron chi connectivity index (χ1n) is 9.51. The summed E-state index contributed by atoms with van der Waals surface area (Å²) < 4.78 is 11.8. The summed E-state index contributed by atoms with van der Waals surface area (Å²) in [6.45, 7) is 2.21. The van der Waals surface area contributed by atoms with Crippen LogP contribution in [0.1, 0.15) is 21.6 Å². The van der Waals surface area contributed by atoms with Crippen LogP contribution in [0.15, 0.2) is 54.7 Å². The number of hydrogen-bond donors (Lipinski definition) is 0. The molecule has 4 rings (SSSR count). The largest absolute Gasteiger partial charge is 0.493 e. The first-order valence-corrected chi connectivity index (χ1v) is 10.7. The van der Waals surface area contributed by atoms with Gasteiger partial charge in [0, 0.05) is 11.2 Å². The highest BCUT2D eigenvalue weighted by Gasteiger charge is 2.26. The molecular formula is C23H20ClN3O3S. The molecule has 8 heteroatoms. The number of methoxy groups -OCH3 is 2. The van der Waals surface area contributed by atoms with Gasteiger partial charge in [-0.2, -0.15) is 0 Å². The van der Waals surface area contributed by atoms with Gasteiger partial charge < -0.3 is 9.47 Å². The Morgan fingerprint density at radius 2 is 1.97 bits per heavy atom. The average Bonchev–Trinajstić information content (AvgIpc) is 3.21. The van der Waals surface area contributed by atoms with Crippen molar-refractivity contribution in [1.82, 2.24) is 9.97 Å². The smallest absolute Gasteiger partial charge is 0.264 e. The topological polar surface area (TPSA) is 64.5 Å². The minimum absolute atomic E-state index is 0.257. The van der Waals surface area contributed by atoms with E-state index in [1.165, 1.54) is 25.6 Å². The van der Waals surface area contributed by atoms with Gasteiger partial charge in [0.25, 0.3) is 5.91 Å². The van der Waals surface area contributed by atoms with E-state index in [9.17, 15) is 4.79 Å². The van der Waals surface area contributed by atoms with E-state index in [1.807, 2.05) is 37.3 Å². The summed E-state index contributed by atoms with van der Waals surface area (Å²) >= 11 is 7.64. The molecule has 2 aromatic heterocycles. The van der Waals surface area contributed by atoms with Crippen LogP contribution in [0.25, 0.3) is 10.2 Å². The summed E-state index contributed by atoms with van der Waals surface area (Å²) in [5.41, 5.74) is 2.90. The van der Waals surface area contributed by atoms with Crippen LogP contribution in [0.3, 0.4) is 0 Å². The molecule has 2 aromatic carbocycles. The fraction of sp³-hybridized carbons (Fsp3) is 0.174. The Balaban J connectivity index is 1.84. The molecular weight excluding hydrogens is 434 g/mol. The zero-order chi connectivity index (χ0) is 22.0. The minimum Gasteiger partial charge on any atom is -0.493 e. The number of amides is 1. The lowest BCUT2D eigenvalue weighted by molar-refractivity contribution is 0.0981. The Morgan fingerprint density at radius 3 is 2.68 bits per heavy atom. The van der Waals surface area contributed by atoms with E-state index >= 15 is 0 Å². The minimum atomic E-state index is -0.260. The Morgan fingerprint density at radius 1 is 1.13 bits per heavy atom. The number of nitrogens with zero attached hydrogens (tertiary/aromatic N) is 3. The lowest BCUT2D eigenvalue weighted by Gasteiger charge is -2.21. The molecule has 0 spiro atoms. The van der Waals surface area contributed by atoms with Crippen LogP contribution in [0.4, 0.5) is 5.13 Å². The number of para-hydroxylation sites is 1. The van der Waals surface area contributed by atoms with Gasteiger partial charge in [0.15, 0.2) is 16.6 Å². The molecule has 31 heavy (non-hydrogen) atoms. The number of carbonyl (C=O) groups is 1. The Hall–Kier alpha value is -3.16. The fourth-order valence-corrected chi connectivity index (χ4v) is 4.76. The van der Waals surface area contributed by atoms with Crippen LogP contribution in [0.2, 0.25) is 5.02 Å². The van der Waals surface area contributed by atoms with Crippen molar-refractivity contribution in [2.45, 2.75) is 13.5 Å². The highest BCUT2D eigenvalue weighted by Crippen LogP contribution is 2.36. The molecule has 158 valence electrons. The first kappa shape index (κ1) is 21.1. The molecule has 0 atom stereocenters. The van der Waals surface area contributed by atoms with Gasteiger partial charge in [0.1, 0.15) is 0 Å². The van der Waals surface area contributed by atoms with Crippen molar-refractivity contribution in [3.05, 3.63) is 76.6 Å². The number of ether oxygens (including phenoxy) is 2. The number of hydrogen-bond acceptors (Lipinski definition) is 6.